The number of nitrogens with zero attached hydrogens (tertiary/aromatic N) is 2. The summed E-state index contributed by atoms with van der Waals surface area (Å²) in [5, 5.41) is 1.27. The van der Waals surface area contributed by atoms with Crippen molar-refractivity contribution >= 4 is 11.0 Å². The maximum absolute atomic E-state index is 6.12. The first-order valence-corrected chi connectivity index (χ1v) is 5.86. The maximum Gasteiger partial charge on any atom is 0.139 e. The monoisotopic (exact) mass is 215 g/mol. The molecule has 1 fully saturated rings. The molecule has 0 aliphatic heterocycles. The Kier molecular flexibility index (Phi) is 2.04. The van der Waals surface area contributed by atoms with E-state index in [1.807, 2.05) is 19.3 Å². The van der Waals surface area contributed by atoms with Crippen molar-refractivity contribution in [3.63, 3.8) is 0 Å². The van der Waals surface area contributed by atoms with Gasteiger partial charge in [-0.1, -0.05) is 0 Å². The molecule has 0 bridgehead atoms. The molecule has 0 saturated heterocycles. The SMILES string of the molecule is Cn1cc(CCC2(N)CC2)c2cccnc21. The summed E-state index contributed by atoms with van der Waals surface area (Å²) in [5.74, 6) is 0. The highest BCUT2D eigenvalue weighted by atomic mass is 15.0. The van der Waals surface area contributed by atoms with Crippen molar-refractivity contribution in [2.24, 2.45) is 12.8 Å². The molecule has 2 N–H and O–H groups in total. The van der Waals surface area contributed by atoms with Gasteiger partial charge < -0.3 is 10.3 Å². The van der Waals surface area contributed by atoms with Crippen molar-refractivity contribution in [1.29, 1.82) is 0 Å². The van der Waals surface area contributed by atoms with Crippen LogP contribution in [-0.4, -0.2) is 15.1 Å². The lowest BCUT2D eigenvalue weighted by Gasteiger charge is -2.06. The lowest BCUT2D eigenvalue weighted by Crippen LogP contribution is -2.21. The van der Waals surface area contributed by atoms with Crippen molar-refractivity contribution in [2.45, 2.75) is 31.2 Å². The molecule has 1 saturated carbocycles. The van der Waals surface area contributed by atoms with Crippen molar-refractivity contribution in [3.05, 3.63) is 30.1 Å². The number of aromatic nitrogens is 2. The highest BCUT2D eigenvalue weighted by Crippen LogP contribution is 2.37. The fourth-order valence-electron chi connectivity index (χ4n) is 2.29. The van der Waals surface area contributed by atoms with Crippen LogP contribution in [-0.2, 0) is 13.5 Å². The van der Waals surface area contributed by atoms with E-state index >= 15 is 0 Å². The topological polar surface area (TPSA) is 43.8 Å². The zero-order chi connectivity index (χ0) is 11.2. The van der Waals surface area contributed by atoms with E-state index in [1.165, 1.54) is 23.8 Å². The average molecular weight is 215 g/mol. The molecule has 2 heterocycles. The molecule has 0 atom stereocenters. The molecular formula is C13H17N3. The van der Waals surface area contributed by atoms with Crippen LogP contribution in [0.2, 0.25) is 0 Å². The Labute approximate surface area is 95.3 Å². The van der Waals surface area contributed by atoms with Crippen LogP contribution in [0.4, 0.5) is 0 Å². The molecule has 0 amide bonds. The van der Waals surface area contributed by atoms with Crippen molar-refractivity contribution < 1.29 is 0 Å². The molecule has 84 valence electrons. The molecule has 3 nitrogen and oxygen atoms in total. The Morgan fingerprint density at radius 1 is 1.50 bits per heavy atom. The van der Waals surface area contributed by atoms with Crippen LogP contribution in [0.5, 0.6) is 0 Å². The fraction of sp³-hybridized carbons (Fsp3) is 0.462. The average Bonchev–Trinajstić information content (AvgIpc) is 2.94. The standard InChI is InChI=1S/C13H17N3/c1-16-9-10(4-5-13(14)6-7-13)11-3-2-8-15-12(11)16/h2-3,8-9H,4-7,14H2,1H3. The van der Waals surface area contributed by atoms with E-state index < -0.39 is 0 Å². The van der Waals surface area contributed by atoms with Gasteiger partial charge in [-0.3, -0.25) is 0 Å². The van der Waals surface area contributed by atoms with Crippen LogP contribution < -0.4 is 5.73 Å². The Bertz CT molecular complexity index is 523. The minimum Gasteiger partial charge on any atom is -0.335 e. The van der Waals surface area contributed by atoms with Gasteiger partial charge in [0, 0.05) is 30.4 Å². The minimum absolute atomic E-state index is 0.143. The fourth-order valence-corrected chi connectivity index (χ4v) is 2.29. The Balaban J connectivity index is 1.91. The summed E-state index contributed by atoms with van der Waals surface area (Å²) in [7, 11) is 2.05. The Morgan fingerprint density at radius 2 is 2.31 bits per heavy atom. The van der Waals surface area contributed by atoms with Gasteiger partial charge in [0.15, 0.2) is 0 Å². The smallest absolute Gasteiger partial charge is 0.139 e. The molecule has 1 aliphatic rings. The van der Waals surface area contributed by atoms with Gasteiger partial charge in [0.25, 0.3) is 0 Å². The number of nitrogens with two attached hydrogens (primary N) is 1. The molecule has 0 aromatic carbocycles. The summed E-state index contributed by atoms with van der Waals surface area (Å²) in [5.41, 5.74) is 8.71. The molecule has 0 radical (unpaired) electrons. The van der Waals surface area contributed by atoms with Gasteiger partial charge in [0.1, 0.15) is 5.65 Å². The van der Waals surface area contributed by atoms with Crippen LogP contribution in [0.25, 0.3) is 11.0 Å². The first-order chi connectivity index (χ1) is 7.68. The van der Waals surface area contributed by atoms with Crippen molar-refractivity contribution in [3.8, 4) is 0 Å². The van der Waals surface area contributed by atoms with E-state index in [0.717, 1.165) is 18.5 Å². The van der Waals surface area contributed by atoms with E-state index in [0.29, 0.717) is 0 Å². The first-order valence-electron chi connectivity index (χ1n) is 5.86. The van der Waals surface area contributed by atoms with E-state index in [1.54, 1.807) is 0 Å². The summed E-state index contributed by atoms with van der Waals surface area (Å²) >= 11 is 0. The lowest BCUT2D eigenvalue weighted by molar-refractivity contribution is 0.610. The van der Waals surface area contributed by atoms with Crippen LogP contribution in [0.15, 0.2) is 24.5 Å². The van der Waals surface area contributed by atoms with E-state index in [2.05, 4.69) is 21.8 Å². The summed E-state index contributed by atoms with van der Waals surface area (Å²) in [6, 6.07) is 4.15. The third kappa shape index (κ3) is 1.61. The van der Waals surface area contributed by atoms with Crippen molar-refractivity contribution in [2.75, 3.05) is 0 Å². The second-order valence-corrected chi connectivity index (χ2v) is 5.00. The number of aryl methyl sites for hydroxylation is 2. The van der Waals surface area contributed by atoms with Gasteiger partial charge in [-0.2, -0.15) is 0 Å². The zero-order valence-corrected chi connectivity index (χ0v) is 9.61. The third-order valence-corrected chi connectivity index (χ3v) is 3.60. The second kappa shape index (κ2) is 3.32. The summed E-state index contributed by atoms with van der Waals surface area (Å²) in [4.78, 5) is 4.39. The predicted octanol–water partition coefficient (Wildman–Crippen LogP) is 2.00. The van der Waals surface area contributed by atoms with Crippen LogP contribution in [0.1, 0.15) is 24.8 Å². The molecule has 2 aromatic rings. The highest BCUT2D eigenvalue weighted by Gasteiger charge is 2.37. The number of fused-ring (bicyclic) bond motifs is 1. The molecular weight excluding hydrogens is 198 g/mol. The highest BCUT2D eigenvalue weighted by molar-refractivity contribution is 5.80. The minimum atomic E-state index is 0.143. The molecule has 1 aliphatic carbocycles. The van der Waals surface area contributed by atoms with Gasteiger partial charge in [0.2, 0.25) is 0 Å². The third-order valence-electron chi connectivity index (χ3n) is 3.60. The maximum atomic E-state index is 6.12. The summed E-state index contributed by atoms with van der Waals surface area (Å²) in [6.07, 6.45) is 8.58. The number of hydrogen-bond donors (Lipinski definition) is 1. The molecule has 0 unspecified atom stereocenters. The largest absolute Gasteiger partial charge is 0.335 e. The molecule has 3 heteroatoms. The lowest BCUT2D eigenvalue weighted by atomic mass is 10.0. The molecule has 3 rings (SSSR count). The quantitative estimate of drug-likeness (QED) is 0.851. The molecule has 16 heavy (non-hydrogen) atoms. The molecule has 0 spiro atoms. The predicted molar refractivity (Wildman–Crippen MR) is 65.2 cm³/mol. The second-order valence-electron chi connectivity index (χ2n) is 5.00. The summed E-state index contributed by atoms with van der Waals surface area (Å²) < 4.78 is 2.10. The van der Waals surface area contributed by atoms with Gasteiger partial charge in [-0.15, -0.1) is 0 Å². The van der Waals surface area contributed by atoms with Crippen LogP contribution in [0.3, 0.4) is 0 Å². The Morgan fingerprint density at radius 3 is 3.06 bits per heavy atom. The molecule has 2 aromatic heterocycles. The number of pyridine rings is 1. The number of hydrogen-bond acceptors (Lipinski definition) is 2. The zero-order valence-electron chi connectivity index (χ0n) is 9.61. The Hall–Kier alpha value is -1.35. The van der Waals surface area contributed by atoms with Gasteiger partial charge in [0.05, 0.1) is 0 Å². The van der Waals surface area contributed by atoms with Gasteiger partial charge >= 0.3 is 0 Å². The van der Waals surface area contributed by atoms with Gasteiger partial charge in [-0.05, 0) is 43.4 Å². The van der Waals surface area contributed by atoms with E-state index in [-0.39, 0.29) is 5.54 Å². The van der Waals surface area contributed by atoms with E-state index in [4.69, 9.17) is 5.73 Å². The van der Waals surface area contributed by atoms with Gasteiger partial charge in [-0.25, -0.2) is 4.98 Å². The van der Waals surface area contributed by atoms with Crippen molar-refractivity contribution in [1.82, 2.24) is 9.55 Å². The van der Waals surface area contributed by atoms with Crippen LogP contribution in [0, 0.1) is 0 Å². The van der Waals surface area contributed by atoms with E-state index in [9.17, 15) is 0 Å². The summed E-state index contributed by atoms with van der Waals surface area (Å²) in [6.45, 7) is 0. The van der Waals surface area contributed by atoms with Crippen LogP contribution >= 0.6 is 0 Å². The normalized spacial score (nSPS) is 17.9. The number of rotatable bonds is 3. The first kappa shape index (κ1) is 9.85.